The zero-order valence-corrected chi connectivity index (χ0v) is 19.2. The van der Waals surface area contributed by atoms with Crippen molar-refractivity contribution in [3.05, 3.63) is 59.5 Å². The second kappa shape index (κ2) is 10.3. The third kappa shape index (κ3) is 5.80. The molecule has 0 saturated carbocycles. The van der Waals surface area contributed by atoms with Gasteiger partial charge in [0.05, 0.1) is 42.7 Å². The van der Waals surface area contributed by atoms with E-state index in [0.29, 0.717) is 36.2 Å². The van der Waals surface area contributed by atoms with Gasteiger partial charge in [0.1, 0.15) is 0 Å². The van der Waals surface area contributed by atoms with Gasteiger partial charge in [-0.1, -0.05) is 0 Å². The Hall–Kier alpha value is -3.60. The molecule has 1 aliphatic rings. The number of rotatable bonds is 7. The van der Waals surface area contributed by atoms with Gasteiger partial charge in [-0.2, -0.15) is 5.26 Å². The fraction of sp³-hybridized carbons (Fsp3) is 0.440. The summed E-state index contributed by atoms with van der Waals surface area (Å²) in [6, 6.07) is 10.1. The highest BCUT2D eigenvalue weighted by Gasteiger charge is 2.41. The molecule has 2 aromatic rings. The molecule has 1 fully saturated rings. The summed E-state index contributed by atoms with van der Waals surface area (Å²) in [4.78, 5) is 39.9. The average Bonchev–Trinajstić information content (AvgIpc) is 3.33. The second-order valence-electron chi connectivity index (χ2n) is 8.90. The predicted octanol–water partition coefficient (Wildman–Crippen LogP) is 3.25. The van der Waals surface area contributed by atoms with Crippen LogP contribution in [-0.4, -0.2) is 48.4 Å². The predicted molar refractivity (Wildman–Crippen MR) is 120 cm³/mol. The first-order chi connectivity index (χ1) is 15.7. The molecule has 0 aliphatic carbocycles. The van der Waals surface area contributed by atoms with Crippen LogP contribution >= 0.6 is 0 Å². The summed E-state index contributed by atoms with van der Waals surface area (Å²) in [5, 5.41) is 12.0. The minimum absolute atomic E-state index is 0.0990. The number of methoxy groups -OCH3 is 1. The number of esters is 1. The molecule has 1 N–H and O–H groups in total. The van der Waals surface area contributed by atoms with Gasteiger partial charge < -0.3 is 19.4 Å². The van der Waals surface area contributed by atoms with Crippen LogP contribution in [0.2, 0.25) is 0 Å². The van der Waals surface area contributed by atoms with E-state index in [1.165, 1.54) is 19.6 Å². The number of carbonyl (C=O) groups excluding carboxylic acids is 3. The van der Waals surface area contributed by atoms with Crippen molar-refractivity contribution in [3.8, 4) is 6.07 Å². The molecule has 1 atom stereocenters. The molecule has 33 heavy (non-hydrogen) atoms. The number of carbonyl (C=O) groups is 3. The van der Waals surface area contributed by atoms with Crippen molar-refractivity contribution in [2.45, 2.75) is 44.6 Å². The lowest BCUT2D eigenvalue weighted by Gasteiger charge is -2.39. The van der Waals surface area contributed by atoms with E-state index >= 15 is 0 Å². The summed E-state index contributed by atoms with van der Waals surface area (Å²) in [7, 11) is 1.38. The minimum atomic E-state index is -0.922. The lowest BCUT2D eigenvalue weighted by Crippen LogP contribution is -2.54. The lowest BCUT2D eigenvalue weighted by atomic mass is 9.80. The van der Waals surface area contributed by atoms with Gasteiger partial charge in [-0.25, -0.2) is 0 Å². The van der Waals surface area contributed by atoms with Gasteiger partial charge in [-0.3, -0.25) is 14.4 Å². The molecule has 0 bridgehead atoms. The van der Waals surface area contributed by atoms with Gasteiger partial charge in [0.2, 0.25) is 5.91 Å². The Morgan fingerprint density at radius 3 is 2.42 bits per heavy atom. The van der Waals surface area contributed by atoms with Crippen LogP contribution in [0.5, 0.6) is 0 Å². The Balaban J connectivity index is 1.75. The number of hydrogen-bond acceptors (Lipinski definition) is 6. The standard InChI is InChI=1S/C25H29N3O5/c1-25(2,27-23(30)19-6-4-18(15-26)5-7-19)22(20-10-13-33-16-20)24(31)28-11-8-17(9-12-28)14-21(29)32-3/h4-7,10,13,16-17,22H,8-9,11-12,14H2,1-3H3,(H,27,30). The fourth-order valence-electron chi connectivity index (χ4n) is 4.30. The Labute approximate surface area is 193 Å². The van der Waals surface area contributed by atoms with Crippen molar-refractivity contribution in [2.24, 2.45) is 5.92 Å². The third-order valence-corrected chi connectivity index (χ3v) is 6.17. The number of amides is 2. The van der Waals surface area contributed by atoms with E-state index in [9.17, 15) is 14.4 Å². The Morgan fingerprint density at radius 1 is 1.21 bits per heavy atom. The fourth-order valence-corrected chi connectivity index (χ4v) is 4.30. The van der Waals surface area contributed by atoms with Gasteiger partial charge in [-0.15, -0.1) is 0 Å². The average molecular weight is 452 g/mol. The van der Waals surface area contributed by atoms with Crippen molar-refractivity contribution in [1.82, 2.24) is 10.2 Å². The van der Waals surface area contributed by atoms with Gasteiger partial charge in [-0.05, 0) is 62.9 Å². The summed E-state index contributed by atoms with van der Waals surface area (Å²) in [6.07, 6.45) is 4.84. The quantitative estimate of drug-likeness (QED) is 0.647. The van der Waals surface area contributed by atoms with E-state index in [1.54, 1.807) is 35.2 Å². The topological polar surface area (TPSA) is 113 Å². The molecule has 1 aliphatic heterocycles. The van der Waals surface area contributed by atoms with Crippen molar-refractivity contribution in [2.75, 3.05) is 20.2 Å². The van der Waals surface area contributed by atoms with Crippen LogP contribution in [0, 0.1) is 17.2 Å². The molecule has 1 aromatic carbocycles. The van der Waals surface area contributed by atoms with Crippen molar-refractivity contribution < 1.29 is 23.5 Å². The van der Waals surface area contributed by atoms with Crippen molar-refractivity contribution >= 4 is 17.8 Å². The van der Waals surface area contributed by atoms with Crippen LogP contribution in [0.4, 0.5) is 0 Å². The van der Waals surface area contributed by atoms with Crippen LogP contribution in [0.15, 0.2) is 47.3 Å². The van der Waals surface area contributed by atoms with Crippen LogP contribution in [0.1, 0.15) is 60.5 Å². The number of furan rings is 1. The van der Waals surface area contributed by atoms with Crippen LogP contribution in [0.3, 0.4) is 0 Å². The molecular weight excluding hydrogens is 422 g/mol. The molecule has 2 heterocycles. The molecule has 0 radical (unpaired) electrons. The maximum atomic E-state index is 13.6. The lowest BCUT2D eigenvalue weighted by molar-refractivity contribution is -0.142. The van der Waals surface area contributed by atoms with Gasteiger partial charge in [0.15, 0.2) is 0 Å². The van der Waals surface area contributed by atoms with Crippen LogP contribution < -0.4 is 5.32 Å². The summed E-state index contributed by atoms with van der Waals surface area (Å²) < 4.78 is 10.0. The molecule has 1 unspecified atom stereocenters. The van der Waals surface area contributed by atoms with Gasteiger partial charge in [0.25, 0.3) is 5.91 Å². The molecular formula is C25H29N3O5. The monoisotopic (exact) mass is 451 g/mol. The summed E-state index contributed by atoms with van der Waals surface area (Å²) in [6.45, 7) is 4.70. The van der Waals surface area contributed by atoms with Crippen molar-refractivity contribution in [3.63, 3.8) is 0 Å². The van der Waals surface area contributed by atoms with E-state index in [4.69, 9.17) is 14.4 Å². The molecule has 1 saturated heterocycles. The Bertz CT molecular complexity index is 1010. The second-order valence-corrected chi connectivity index (χ2v) is 8.90. The zero-order chi connectivity index (χ0) is 24.0. The molecule has 174 valence electrons. The number of piperidine rings is 1. The van der Waals surface area contributed by atoms with Crippen LogP contribution in [-0.2, 0) is 14.3 Å². The van der Waals surface area contributed by atoms with E-state index in [2.05, 4.69) is 5.32 Å². The molecule has 2 amide bonds. The Morgan fingerprint density at radius 2 is 1.88 bits per heavy atom. The maximum absolute atomic E-state index is 13.6. The number of ether oxygens (including phenoxy) is 1. The van der Waals surface area contributed by atoms with E-state index in [1.807, 2.05) is 19.9 Å². The van der Waals surface area contributed by atoms with Crippen molar-refractivity contribution in [1.29, 1.82) is 5.26 Å². The van der Waals surface area contributed by atoms with Gasteiger partial charge >= 0.3 is 5.97 Å². The molecule has 1 aromatic heterocycles. The first-order valence-corrected chi connectivity index (χ1v) is 11.0. The van der Waals surface area contributed by atoms with E-state index in [-0.39, 0.29) is 23.7 Å². The van der Waals surface area contributed by atoms with Gasteiger partial charge in [0, 0.05) is 30.6 Å². The first-order valence-electron chi connectivity index (χ1n) is 11.0. The molecule has 8 heteroatoms. The summed E-state index contributed by atoms with van der Waals surface area (Å²) >= 11 is 0. The largest absolute Gasteiger partial charge is 0.472 e. The highest BCUT2D eigenvalue weighted by Crippen LogP contribution is 2.33. The first kappa shape index (κ1) is 24.1. The minimum Gasteiger partial charge on any atom is -0.472 e. The number of hydrogen-bond donors (Lipinski definition) is 1. The number of benzene rings is 1. The number of likely N-dealkylation sites (tertiary alicyclic amines) is 1. The number of nitriles is 1. The normalized spacial score (nSPS) is 15.4. The smallest absolute Gasteiger partial charge is 0.305 e. The number of nitrogens with one attached hydrogen (secondary N) is 1. The molecule has 0 spiro atoms. The highest BCUT2D eigenvalue weighted by molar-refractivity contribution is 5.96. The maximum Gasteiger partial charge on any atom is 0.305 e. The summed E-state index contributed by atoms with van der Waals surface area (Å²) in [5.41, 5.74) is 0.633. The summed E-state index contributed by atoms with van der Waals surface area (Å²) in [5.74, 6) is -1.13. The number of nitrogens with zero attached hydrogens (tertiary/aromatic N) is 2. The molecule has 3 rings (SSSR count). The third-order valence-electron chi connectivity index (χ3n) is 6.17. The Kier molecular flexibility index (Phi) is 7.54. The highest BCUT2D eigenvalue weighted by atomic mass is 16.5. The van der Waals surface area contributed by atoms with Crippen LogP contribution in [0.25, 0.3) is 0 Å². The zero-order valence-electron chi connectivity index (χ0n) is 19.2. The van der Waals surface area contributed by atoms with E-state index < -0.39 is 11.5 Å². The molecule has 8 nitrogen and oxygen atoms in total. The SMILES string of the molecule is COC(=O)CC1CCN(C(=O)C(c2ccoc2)C(C)(C)NC(=O)c2ccc(C#N)cc2)CC1. The van der Waals surface area contributed by atoms with E-state index in [0.717, 1.165) is 12.8 Å².